The average Bonchev–Trinajstić information content (AvgIpc) is 2.96. The lowest BCUT2D eigenvalue weighted by Crippen LogP contribution is -2.25. The van der Waals surface area contributed by atoms with Crippen LogP contribution in [0.3, 0.4) is 0 Å². The van der Waals surface area contributed by atoms with Crippen molar-refractivity contribution in [2.45, 2.75) is 52.0 Å². The van der Waals surface area contributed by atoms with Crippen molar-refractivity contribution in [3.8, 4) is 11.5 Å². The van der Waals surface area contributed by atoms with Crippen LogP contribution < -0.4 is 15.0 Å². The van der Waals surface area contributed by atoms with E-state index in [1.165, 1.54) is 12.7 Å². The number of anilines is 1. The van der Waals surface area contributed by atoms with Gasteiger partial charge in [0.15, 0.2) is 0 Å². The summed E-state index contributed by atoms with van der Waals surface area (Å²) in [4.78, 5) is 2.05. The molecule has 0 radical (unpaired) electrons. The molecule has 1 atom stereocenters. The largest absolute Gasteiger partial charge is 0.508 e. The third-order valence-electron chi connectivity index (χ3n) is 6.50. The van der Waals surface area contributed by atoms with E-state index in [1.54, 1.807) is 0 Å². The zero-order valence-electron chi connectivity index (χ0n) is 26.3. The van der Waals surface area contributed by atoms with E-state index in [4.69, 9.17) is 13.0 Å². The number of rotatable bonds is 10. The van der Waals surface area contributed by atoms with Gasteiger partial charge in [0, 0.05) is 24.8 Å². The molecule has 4 heteroatoms. The molecule has 3 aromatic carbocycles. The molecule has 1 aliphatic rings. The van der Waals surface area contributed by atoms with Crippen LogP contribution in [0.25, 0.3) is 0 Å². The summed E-state index contributed by atoms with van der Waals surface area (Å²) in [5, 5.41) is 13.5. The highest BCUT2D eigenvalue weighted by Crippen LogP contribution is 2.40. The first-order chi connectivity index (χ1) is 19.1. The van der Waals surface area contributed by atoms with E-state index in [-0.39, 0.29) is 47.9 Å². The molecule has 180 valence electrons. The lowest BCUT2D eigenvalue weighted by atomic mass is 9.79. The number of benzene rings is 3. The summed E-state index contributed by atoms with van der Waals surface area (Å²) in [6.07, 6.45) is 2.19. The summed E-state index contributed by atoms with van der Waals surface area (Å²) in [7, 11) is 1.41. The number of methoxy groups -OCH3 is 1. The van der Waals surface area contributed by atoms with Crippen LogP contribution in [-0.2, 0) is 25.8 Å². The Hall–Kier alpha value is -2.98. The Balaban J connectivity index is 1.76. The third-order valence-corrected chi connectivity index (χ3v) is 6.50. The van der Waals surface area contributed by atoms with Crippen molar-refractivity contribution in [1.82, 2.24) is 5.32 Å². The predicted molar refractivity (Wildman–Crippen MR) is 141 cm³/mol. The molecule has 4 nitrogen and oxygen atoms in total. The minimum absolute atomic E-state index is 0.00368. The molecule has 0 bridgehead atoms. The number of ether oxygens (including phenoxy) is 1. The Bertz CT molecular complexity index is 1380. The molecule has 0 aliphatic heterocycles. The molecule has 1 aliphatic carbocycles. The van der Waals surface area contributed by atoms with E-state index < -0.39 is 5.75 Å². The van der Waals surface area contributed by atoms with Crippen molar-refractivity contribution in [3.63, 3.8) is 0 Å². The lowest BCUT2D eigenvalue weighted by Gasteiger charge is -2.32. The quantitative estimate of drug-likeness (QED) is 0.369. The van der Waals surface area contributed by atoms with Gasteiger partial charge in [0.2, 0.25) is 0 Å². The van der Waals surface area contributed by atoms with Gasteiger partial charge in [-0.25, -0.2) is 0 Å². The molecule has 0 unspecified atom stereocenters. The van der Waals surface area contributed by atoms with Crippen molar-refractivity contribution in [2.24, 2.45) is 0 Å². The van der Waals surface area contributed by atoms with Crippen molar-refractivity contribution in [2.75, 3.05) is 31.6 Å². The number of hydrogen-bond donors (Lipinski definition) is 2. The zero-order chi connectivity index (χ0) is 29.1. The second kappa shape index (κ2) is 11.4. The van der Waals surface area contributed by atoms with Gasteiger partial charge in [0.25, 0.3) is 0 Å². The number of fused-ring (bicyclic) bond motifs is 1. The smallest absolute Gasteiger partial charge is 0.120 e. The van der Waals surface area contributed by atoms with Crippen LogP contribution in [-0.4, -0.2) is 31.9 Å². The fourth-order valence-corrected chi connectivity index (χ4v) is 4.59. The van der Waals surface area contributed by atoms with Crippen LogP contribution in [0.2, 0.25) is 0 Å². The van der Waals surface area contributed by atoms with E-state index >= 15 is 0 Å². The number of nitrogens with zero attached hydrogens (tertiary/aromatic N) is 1. The monoisotopic (exact) mass is 464 g/mol. The Morgan fingerprint density at radius 3 is 2.59 bits per heavy atom. The molecule has 0 aromatic heterocycles. The first-order valence-electron chi connectivity index (χ1n) is 15.2. The summed E-state index contributed by atoms with van der Waals surface area (Å²) in [5.41, 5.74) is 4.51. The molecule has 0 amide bonds. The molecule has 0 fully saturated rings. The number of nitrogens with one attached hydrogen (secondary N) is 1. The Labute approximate surface area is 213 Å². The first kappa shape index (κ1) is 17.5. The SMILES string of the molecule is [2H]c1c([2H])c2c(c([2H])c1O)CC[C@@H](c1c([2H])c([2H])c(OC)c([2H])c1N(CC)Cc1ccc(CCNCC)cc1)C2. The van der Waals surface area contributed by atoms with Crippen LogP contribution in [0.1, 0.15) is 62.2 Å². The van der Waals surface area contributed by atoms with Crippen molar-refractivity contribution < 1.29 is 18.1 Å². The first-order valence-corrected chi connectivity index (χ1v) is 12.2. The van der Waals surface area contributed by atoms with E-state index in [9.17, 15) is 5.11 Å². The van der Waals surface area contributed by atoms with Gasteiger partial charge in [-0.1, -0.05) is 43.3 Å². The molecular formula is C30H38N2O2. The van der Waals surface area contributed by atoms with Gasteiger partial charge < -0.3 is 20.1 Å². The molecule has 0 saturated carbocycles. The predicted octanol–water partition coefficient (Wildman–Crippen LogP) is 5.85. The fraction of sp³-hybridized carbons (Fsp3) is 0.400. The van der Waals surface area contributed by atoms with Crippen LogP contribution >= 0.6 is 0 Å². The molecule has 0 heterocycles. The number of hydrogen-bond acceptors (Lipinski definition) is 4. The maximum atomic E-state index is 10.2. The van der Waals surface area contributed by atoms with Gasteiger partial charge in [-0.05, 0) is 97.6 Å². The minimum atomic E-state index is -0.472. The van der Waals surface area contributed by atoms with Crippen molar-refractivity contribution in [3.05, 3.63) is 88.3 Å². The maximum Gasteiger partial charge on any atom is 0.120 e. The standard InChI is InChI=1S/C30H38N2O2/c1-4-31-17-16-22-6-8-23(9-7-22)21-32(5-2)30-20-28(34-3)14-15-29(30)26-11-10-25-19-27(33)13-12-24(25)18-26/h6-9,12-15,19-20,26,31,33H,4-5,10-11,16-18,21H2,1-3H3/t26-/m1/s1/i12D,13D,14D,15D,19D,20D. The van der Waals surface area contributed by atoms with Crippen LogP contribution in [0.15, 0.2) is 60.5 Å². The van der Waals surface area contributed by atoms with Gasteiger partial charge in [0.05, 0.1) is 15.3 Å². The van der Waals surface area contributed by atoms with E-state index in [0.717, 1.165) is 25.1 Å². The van der Waals surface area contributed by atoms with E-state index in [2.05, 4.69) is 36.5 Å². The van der Waals surface area contributed by atoms with Gasteiger partial charge >= 0.3 is 0 Å². The van der Waals surface area contributed by atoms with Gasteiger partial charge in [-0.15, -0.1) is 0 Å². The third kappa shape index (κ3) is 5.74. The second-order valence-electron chi connectivity index (χ2n) is 8.73. The molecular weight excluding hydrogens is 420 g/mol. The van der Waals surface area contributed by atoms with Crippen molar-refractivity contribution in [1.29, 1.82) is 0 Å². The minimum Gasteiger partial charge on any atom is -0.508 e. The van der Waals surface area contributed by atoms with E-state index in [1.807, 2.05) is 11.8 Å². The van der Waals surface area contributed by atoms with Crippen LogP contribution in [0.5, 0.6) is 11.5 Å². The fourth-order valence-electron chi connectivity index (χ4n) is 4.59. The Morgan fingerprint density at radius 2 is 1.85 bits per heavy atom. The van der Waals surface area contributed by atoms with Crippen molar-refractivity contribution >= 4 is 5.69 Å². The highest BCUT2D eigenvalue weighted by Gasteiger charge is 2.24. The summed E-state index contributed by atoms with van der Waals surface area (Å²) < 4.78 is 56.9. The average molecular weight is 465 g/mol. The number of likely N-dealkylation sites (N-methyl/N-ethyl adjacent to an activating group) is 1. The molecule has 0 spiro atoms. The maximum absolute atomic E-state index is 10.2. The Morgan fingerprint density at radius 1 is 1.06 bits per heavy atom. The van der Waals surface area contributed by atoms with Crippen LogP contribution in [0.4, 0.5) is 5.69 Å². The summed E-state index contributed by atoms with van der Waals surface area (Å²) in [6, 6.07) is 7.76. The highest BCUT2D eigenvalue weighted by molar-refractivity contribution is 5.60. The molecule has 4 rings (SSSR count). The summed E-state index contributed by atoms with van der Waals surface area (Å²) in [5.74, 6) is -0.700. The lowest BCUT2D eigenvalue weighted by molar-refractivity contribution is 0.414. The molecule has 2 N–H and O–H groups in total. The zero-order valence-corrected chi connectivity index (χ0v) is 20.3. The molecule has 34 heavy (non-hydrogen) atoms. The van der Waals surface area contributed by atoms with E-state index in [0.29, 0.717) is 54.7 Å². The number of aromatic hydroxyl groups is 1. The normalized spacial score (nSPS) is 17.6. The summed E-state index contributed by atoms with van der Waals surface area (Å²) in [6.45, 7) is 7.02. The number of phenols is 1. The Kier molecular flexibility index (Phi) is 5.87. The molecule has 3 aromatic rings. The number of phenolic OH excluding ortho intramolecular Hbond substituents is 1. The highest BCUT2D eigenvalue weighted by atomic mass is 16.5. The van der Waals surface area contributed by atoms with Crippen LogP contribution in [0, 0.1) is 0 Å². The molecule has 0 saturated heterocycles. The second-order valence-corrected chi connectivity index (χ2v) is 8.73. The van der Waals surface area contributed by atoms with Gasteiger partial charge in [-0.3, -0.25) is 0 Å². The van der Waals surface area contributed by atoms with Gasteiger partial charge in [-0.2, -0.15) is 0 Å². The topological polar surface area (TPSA) is 44.7 Å². The summed E-state index contributed by atoms with van der Waals surface area (Å²) >= 11 is 0. The van der Waals surface area contributed by atoms with Gasteiger partial charge in [0.1, 0.15) is 11.5 Å².